The zero-order chi connectivity index (χ0) is 54.3. The van der Waals surface area contributed by atoms with Gasteiger partial charge in [0.15, 0.2) is 0 Å². The van der Waals surface area contributed by atoms with Gasteiger partial charge in [-0.25, -0.2) is 0 Å². The number of nitrogens with one attached hydrogen (secondary N) is 1. The Balaban J connectivity index is 3.42. The Kier molecular flexibility index (Phi) is 63.4. The van der Waals surface area contributed by atoms with Gasteiger partial charge in [0.1, 0.15) is 0 Å². The van der Waals surface area contributed by atoms with E-state index in [1.54, 1.807) is 6.08 Å². The van der Waals surface area contributed by atoms with Gasteiger partial charge in [-0.15, -0.1) is 0 Å². The molecule has 0 saturated carbocycles. The van der Waals surface area contributed by atoms with E-state index in [1.165, 1.54) is 308 Å². The van der Waals surface area contributed by atoms with Crippen LogP contribution in [0.2, 0.25) is 0 Å². The van der Waals surface area contributed by atoms with Gasteiger partial charge in [0.2, 0.25) is 5.91 Å². The van der Waals surface area contributed by atoms with Gasteiger partial charge < -0.3 is 20.3 Å². The van der Waals surface area contributed by atoms with E-state index in [2.05, 4.69) is 31.3 Å². The van der Waals surface area contributed by atoms with Crippen molar-refractivity contribution >= 4 is 11.9 Å². The quantitative estimate of drug-likeness (QED) is 0.0320. The van der Waals surface area contributed by atoms with Crippen molar-refractivity contribution in [3.8, 4) is 0 Å². The van der Waals surface area contributed by atoms with Crippen LogP contribution in [0.15, 0.2) is 24.3 Å². The number of carbonyl (C=O) groups excluding carboxylic acids is 2. The van der Waals surface area contributed by atoms with Crippen LogP contribution in [0.4, 0.5) is 0 Å². The molecule has 3 N–H and O–H groups in total. The molecule has 0 aromatic rings. The average Bonchev–Trinajstić information content (AvgIpc) is 3.41. The Morgan fingerprint density at radius 2 is 0.627 bits per heavy atom. The number of carbonyl (C=O) groups is 2. The van der Waals surface area contributed by atoms with Crippen LogP contribution < -0.4 is 5.32 Å². The molecular formula is C69H133NO5. The van der Waals surface area contributed by atoms with Crippen molar-refractivity contribution in [3.63, 3.8) is 0 Å². The summed E-state index contributed by atoms with van der Waals surface area (Å²) in [5.74, 6) is -0.0626. The van der Waals surface area contributed by atoms with Crippen molar-refractivity contribution < 1.29 is 24.5 Å². The third-order valence-electron chi connectivity index (χ3n) is 16.0. The maximum atomic E-state index is 12.5. The van der Waals surface area contributed by atoms with Gasteiger partial charge in [-0.3, -0.25) is 9.59 Å². The molecule has 0 aliphatic rings. The number of allylic oxidation sites excluding steroid dienone is 3. The molecule has 2 unspecified atom stereocenters. The van der Waals surface area contributed by atoms with Crippen LogP contribution in [-0.2, 0) is 14.3 Å². The molecule has 0 aromatic heterocycles. The Morgan fingerprint density at radius 1 is 0.360 bits per heavy atom. The molecule has 1 amide bonds. The Labute approximate surface area is 469 Å². The number of aliphatic hydroxyl groups excluding tert-OH is 2. The van der Waals surface area contributed by atoms with Crippen LogP contribution in [0.1, 0.15) is 380 Å². The van der Waals surface area contributed by atoms with Crippen LogP contribution >= 0.6 is 0 Å². The summed E-state index contributed by atoms with van der Waals surface area (Å²) >= 11 is 0. The summed E-state index contributed by atoms with van der Waals surface area (Å²) in [6.07, 6.45) is 80.9. The number of unbranched alkanes of at least 4 members (excludes halogenated alkanes) is 51. The highest BCUT2D eigenvalue weighted by Gasteiger charge is 2.18. The molecule has 0 saturated heterocycles. The first-order valence-electron chi connectivity index (χ1n) is 34.1. The van der Waals surface area contributed by atoms with E-state index in [-0.39, 0.29) is 18.5 Å². The summed E-state index contributed by atoms with van der Waals surface area (Å²) in [4.78, 5) is 24.6. The molecule has 0 bridgehead atoms. The predicted octanol–water partition coefficient (Wildman–Crippen LogP) is 21.8. The lowest BCUT2D eigenvalue weighted by Gasteiger charge is -2.20. The Bertz CT molecular complexity index is 1170. The molecule has 2 atom stereocenters. The summed E-state index contributed by atoms with van der Waals surface area (Å²) in [5.41, 5.74) is 0. The molecule has 6 nitrogen and oxygen atoms in total. The molecule has 75 heavy (non-hydrogen) atoms. The largest absolute Gasteiger partial charge is 0.466 e. The van der Waals surface area contributed by atoms with Crippen LogP contribution in [0.25, 0.3) is 0 Å². The van der Waals surface area contributed by atoms with Crippen LogP contribution in [0, 0.1) is 0 Å². The SMILES string of the molecule is CCCCCCCCC/C=C\CCCCCCCC(=O)OCCCCCCCCCCCCCCCCCCCCCCC(=O)NC(CO)C(O)/C=C/CCCCCCCCCCCCCCCCCCCCCC. The third kappa shape index (κ3) is 61.4. The monoisotopic (exact) mass is 1060 g/mol. The van der Waals surface area contributed by atoms with Crippen molar-refractivity contribution in [3.05, 3.63) is 24.3 Å². The number of ether oxygens (including phenoxy) is 1. The van der Waals surface area contributed by atoms with Gasteiger partial charge >= 0.3 is 5.97 Å². The highest BCUT2D eigenvalue weighted by molar-refractivity contribution is 5.76. The topological polar surface area (TPSA) is 95.9 Å². The van der Waals surface area contributed by atoms with E-state index in [9.17, 15) is 19.8 Å². The van der Waals surface area contributed by atoms with E-state index >= 15 is 0 Å². The van der Waals surface area contributed by atoms with Crippen molar-refractivity contribution in [1.29, 1.82) is 0 Å². The number of hydrogen-bond acceptors (Lipinski definition) is 5. The fourth-order valence-corrected chi connectivity index (χ4v) is 10.7. The fourth-order valence-electron chi connectivity index (χ4n) is 10.7. The summed E-state index contributed by atoms with van der Waals surface area (Å²) in [5, 5.41) is 23.2. The van der Waals surface area contributed by atoms with Gasteiger partial charge in [-0.1, -0.05) is 334 Å². The summed E-state index contributed by atoms with van der Waals surface area (Å²) in [6, 6.07) is -0.630. The number of esters is 1. The number of aliphatic hydroxyl groups is 2. The van der Waals surface area contributed by atoms with Crippen molar-refractivity contribution in [2.45, 2.75) is 392 Å². The highest BCUT2D eigenvalue weighted by Crippen LogP contribution is 2.18. The van der Waals surface area contributed by atoms with E-state index in [0.29, 0.717) is 19.4 Å². The standard InChI is InChI=1S/C69H133NO5/c1-3-5-7-9-11-13-15-17-19-21-22-23-24-27-30-33-37-41-45-49-53-57-61-67(72)66(65-71)70-68(73)62-58-54-50-46-42-38-34-31-28-25-26-29-32-36-40-44-48-52-56-60-64-75-69(74)63-59-55-51-47-43-39-35-20-18-16-14-12-10-8-6-4-2/h20,35,57,61,66-67,71-72H,3-19,21-34,36-56,58-60,62-65H2,1-2H3,(H,70,73)/b35-20-,61-57+. The zero-order valence-corrected chi connectivity index (χ0v) is 50.8. The molecule has 0 radical (unpaired) electrons. The van der Waals surface area contributed by atoms with Gasteiger partial charge in [-0.05, 0) is 57.8 Å². The minimum atomic E-state index is -0.847. The van der Waals surface area contributed by atoms with Gasteiger partial charge in [0, 0.05) is 12.8 Å². The van der Waals surface area contributed by atoms with Crippen molar-refractivity contribution in [2.24, 2.45) is 0 Å². The smallest absolute Gasteiger partial charge is 0.305 e. The maximum absolute atomic E-state index is 12.5. The molecule has 0 aliphatic heterocycles. The van der Waals surface area contributed by atoms with E-state index < -0.39 is 12.1 Å². The highest BCUT2D eigenvalue weighted by atomic mass is 16.5. The van der Waals surface area contributed by atoms with Crippen LogP contribution in [0.5, 0.6) is 0 Å². The van der Waals surface area contributed by atoms with E-state index in [1.807, 2.05) is 6.08 Å². The van der Waals surface area contributed by atoms with E-state index in [0.717, 1.165) is 44.9 Å². The number of hydrogen-bond donors (Lipinski definition) is 3. The first kappa shape index (κ1) is 73.3. The lowest BCUT2D eigenvalue weighted by molar-refractivity contribution is -0.143. The third-order valence-corrected chi connectivity index (χ3v) is 16.0. The molecule has 0 heterocycles. The molecule has 444 valence electrons. The van der Waals surface area contributed by atoms with Crippen LogP contribution in [0.3, 0.4) is 0 Å². The Hall–Kier alpha value is -1.66. The van der Waals surface area contributed by atoms with Gasteiger partial charge in [0.25, 0.3) is 0 Å². The number of amides is 1. The second-order valence-electron chi connectivity index (χ2n) is 23.5. The molecular weight excluding hydrogens is 923 g/mol. The molecule has 0 aromatic carbocycles. The minimum Gasteiger partial charge on any atom is -0.466 e. The van der Waals surface area contributed by atoms with E-state index in [4.69, 9.17) is 4.74 Å². The molecule has 6 heteroatoms. The summed E-state index contributed by atoms with van der Waals surface area (Å²) in [7, 11) is 0. The summed E-state index contributed by atoms with van der Waals surface area (Å²) < 4.78 is 5.49. The van der Waals surface area contributed by atoms with Crippen molar-refractivity contribution in [2.75, 3.05) is 13.2 Å². The van der Waals surface area contributed by atoms with Crippen molar-refractivity contribution in [1.82, 2.24) is 5.32 Å². The second kappa shape index (κ2) is 64.9. The normalized spacial score (nSPS) is 12.6. The lowest BCUT2D eigenvalue weighted by Crippen LogP contribution is -2.45. The molecule has 0 rings (SSSR count). The second-order valence-corrected chi connectivity index (χ2v) is 23.5. The zero-order valence-electron chi connectivity index (χ0n) is 50.8. The van der Waals surface area contributed by atoms with Gasteiger partial charge in [-0.2, -0.15) is 0 Å². The molecule has 0 fully saturated rings. The summed E-state index contributed by atoms with van der Waals surface area (Å²) in [6.45, 7) is 4.93. The van der Waals surface area contributed by atoms with Gasteiger partial charge in [0.05, 0.1) is 25.4 Å². The average molecular weight is 1060 g/mol. The first-order chi connectivity index (χ1) is 37.0. The Morgan fingerprint density at radius 3 is 0.947 bits per heavy atom. The molecule has 0 aliphatic carbocycles. The lowest BCUT2D eigenvalue weighted by atomic mass is 10.0. The van der Waals surface area contributed by atoms with Crippen LogP contribution in [-0.4, -0.2) is 47.4 Å². The minimum absolute atomic E-state index is 0.00341. The molecule has 0 spiro atoms. The predicted molar refractivity (Wildman–Crippen MR) is 329 cm³/mol. The first-order valence-corrected chi connectivity index (χ1v) is 34.1. The number of rotatable bonds is 64. The fraction of sp³-hybridized carbons (Fsp3) is 0.913. The maximum Gasteiger partial charge on any atom is 0.305 e.